The molecule has 3 heterocycles. The number of nitrogens with zero attached hydrogens (tertiary/aromatic N) is 4. The molecular formula is C29H27FN8O4S. The molecule has 1 aliphatic heterocycles. The van der Waals surface area contributed by atoms with Crippen LogP contribution in [0.3, 0.4) is 0 Å². The van der Waals surface area contributed by atoms with Gasteiger partial charge in [-0.2, -0.15) is 5.10 Å². The summed E-state index contributed by atoms with van der Waals surface area (Å²) >= 11 is 0. The van der Waals surface area contributed by atoms with Gasteiger partial charge in [0.2, 0.25) is 9.84 Å². The Kier molecular flexibility index (Phi) is 7.38. The Morgan fingerprint density at radius 1 is 0.930 bits per heavy atom. The van der Waals surface area contributed by atoms with Gasteiger partial charge in [-0.25, -0.2) is 17.8 Å². The van der Waals surface area contributed by atoms with Gasteiger partial charge in [-0.1, -0.05) is 6.07 Å². The quantitative estimate of drug-likeness (QED) is 0.221. The largest absolute Gasteiger partial charge is 0.369 e. The van der Waals surface area contributed by atoms with Crippen LogP contribution >= 0.6 is 0 Å². The average molecular weight is 603 g/mol. The maximum atomic E-state index is 13.8. The summed E-state index contributed by atoms with van der Waals surface area (Å²) in [6.07, 6.45) is 2.76. The SMILES string of the molecule is CN1CCN(c2ccc(C(=O)Nc3n[nH]c4ccc(S(=O)(=O)c5cccc(F)c5)cc34)c(NC(=O)c3cnc[nH]3)c2)CC1. The second kappa shape index (κ2) is 11.3. The van der Waals surface area contributed by atoms with Crippen LogP contribution in [0.2, 0.25) is 0 Å². The molecule has 0 radical (unpaired) electrons. The number of rotatable bonds is 7. The molecule has 3 aromatic carbocycles. The molecule has 5 aromatic rings. The van der Waals surface area contributed by atoms with Crippen LogP contribution in [0.15, 0.2) is 83.0 Å². The smallest absolute Gasteiger partial charge is 0.273 e. The molecule has 1 fully saturated rings. The summed E-state index contributed by atoms with van der Waals surface area (Å²) in [5, 5.41) is 12.8. The van der Waals surface area contributed by atoms with Gasteiger partial charge in [-0.05, 0) is 61.6 Å². The second-order valence-corrected chi connectivity index (χ2v) is 12.1. The molecule has 0 bridgehead atoms. The van der Waals surface area contributed by atoms with E-state index in [1.807, 2.05) is 6.07 Å². The molecule has 0 aliphatic carbocycles. The first kappa shape index (κ1) is 28.1. The molecule has 12 nitrogen and oxygen atoms in total. The number of fused-ring (bicyclic) bond motifs is 1. The van der Waals surface area contributed by atoms with E-state index in [1.54, 1.807) is 12.1 Å². The molecule has 0 atom stereocenters. The van der Waals surface area contributed by atoms with Gasteiger partial charge in [0.15, 0.2) is 5.82 Å². The Labute approximate surface area is 245 Å². The topological polar surface area (TPSA) is 156 Å². The average Bonchev–Trinajstić information content (AvgIpc) is 3.68. The van der Waals surface area contributed by atoms with E-state index >= 15 is 0 Å². The molecule has 43 heavy (non-hydrogen) atoms. The number of anilines is 3. The van der Waals surface area contributed by atoms with E-state index < -0.39 is 27.5 Å². The summed E-state index contributed by atoms with van der Waals surface area (Å²) < 4.78 is 40.1. The van der Waals surface area contributed by atoms with E-state index in [4.69, 9.17) is 0 Å². The van der Waals surface area contributed by atoms with Crippen molar-refractivity contribution in [3.05, 3.63) is 90.3 Å². The summed E-state index contributed by atoms with van der Waals surface area (Å²) in [5.41, 5.74) is 2.00. The highest BCUT2D eigenvalue weighted by Crippen LogP contribution is 2.30. The van der Waals surface area contributed by atoms with Crippen molar-refractivity contribution in [2.75, 3.05) is 48.8 Å². The molecule has 1 saturated heterocycles. The van der Waals surface area contributed by atoms with Gasteiger partial charge in [0, 0.05) is 37.3 Å². The van der Waals surface area contributed by atoms with Crippen LogP contribution in [-0.2, 0) is 9.84 Å². The van der Waals surface area contributed by atoms with Crippen LogP contribution in [0.5, 0.6) is 0 Å². The molecule has 220 valence electrons. The third-order valence-electron chi connectivity index (χ3n) is 7.29. The third-order valence-corrected chi connectivity index (χ3v) is 9.04. The number of benzene rings is 3. The molecule has 4 N–H and O–H groups in total. The zero-order valence-electron chi connectivity index (χ0n) is 23.0. The molecule has 0 saturated carbocycles. The van der Waals surface area contributed by atoms with Gasteiger partial charge in [0.1, 0.15) is 11.5 Å². The number of hydrogen-bond donors (Lipinski definition) is 4. The number of amides is 2. The lowest BCUT2D eigenvalue weighted by Gasteiger charge is -2.34. The first-order chi connectivity index (χ1) is 20.7. The number of nitrogens with one attached hydrogen (secondary N) is 4. The zero-order valence-corrected chi connectivity index (χ0v) is 23.8. The lowest BCUT2D eigenvalue weighted by atomic mass is 10.1. The van der Waals surface area contributed by atoms with Crippen LogP contribution in [0.25, 0.3) is 10.9 Å². The lowest BCUT2D eigenvalue weighted by Crippen LogP contribution is -2.44. The van der Waals surface area contributed by atoms with Gasteiger partial charge in [0.25, 0.3) is 11.8 Å². The molecule has 2 amide bonds. The van der Waals surface area contributed by atoms with E-state index in [9.17, 15) is 22.4 Å². The minimum absolute atomic E-state index is 0.0882. The van der Waals surface area contributed by atoms with Crippen molar-refractivity contribution < 1.29 is 22.4 Å². The molecular weight excluding hydrogens is 575 g/mol. The molecule has 0 unspecified atom stereocenters. The third kappa shape index (κ3) is 5.69. The molecule has 2 aromatic heterocycles. The fourth-order valence-corrected chi connectivity index (χ4v) is 6.18. The zero-order chi connectivity index (χ0) is 30.1. The molecule has 0 spiro atoms. The highest BCUT2D eigenvalue weighted by molar-refractivity contribution is 7.91. The highest BCUT2D eigenvalue weighted by atomic mass is 32.2. The minimum Gasteiger partial charge on any atom is -0.369 e. The van der Waals surface area contributed by atoms with Crippen LogP contribution in [0, 0.1) is 5.82 Å². The Bertz CT molecular complexity index is 1930. The standard InChI is InChI=1S/C29H27FN8O4S/c1-37-9-11-38(12-10-37)19-5-7-22(25(14-19)33-29(40)26-16-31-17-32-26)28(39)34-27-23-15-21(6-8-24(23)35-36-27)43(41,42)20-4-2-3-18(30)13-20/h2-8,13-17H,9-12H2,1H3,(H,31,32)(H,33,40)(H2,34,35,36,39). The maximum Gasteiger partial charge on any atom is 0.273 e. The number of halogens is 1. The van der Waals surface area contributed by atoms with Gasteiger partial charge in [-0.3, -0.25) is 14.7 Å². The number of carbonyl (C=O) groups excluding carboxylic acids is 2. The maximum absolute atomic E-state index is 13.8. The lowest BCUT2D eigenvalue weighted by molar-refractivity contribution is 0.102. The predicted octanol–water partition coefficient (Wildman–Crippen LogP) is 3.51. The summed E-state index contributed by atoms with van der Waals surface area (Å²) in [6, 6.07) is 14.2. The first-order valence-electron chi connectivity index (χ1n) is 13.4. The Balaban J connectivity index is 1.32. The fraction of sp³-hybridized carbons (Fsp3) is 0.172. The normalized spacial score (nSPS) is 14.1. The number of sulfone groups is 1. The van der Waals surface area contributed by atoms with Gasteiger partial charge >= 0.3 is 0 Å². The van der Waals surface area contributed by atoms with Crippen LogP contribution in [0.4, 0.5) is 21.6 Å². The predicted molar refractivity (Wildman–Crippen MR) is 159 cm³/mol. The van der Waals surface area contributed by atoms with E-state index in [1.165, 1.54) is 42.9 Å². The summed E-state index contributed by atoms with van der Waals surface area (Å²) in [4.78, 5) is 37.3. The molecule has 6 rings (SSSR count). The number of aromatic nitrogens is 4. The van der Waals surface area contributed by atoms with E-state index in [0.29, 0.717) is 10.9 Å². The van der Waals surface area contributed by atoms with Crippen molar-refractivity contribution in [1.29, 1.82) is 0 Å². The Hall–Kier alpha value is -5.08. The van der Waals surface area contributed by atoms with Crippen molar-refractivity contribution in [1.82, 2.24) is 25.1 Å². The Morgan fingerprint density at radius 2 is 1.72 bits per heavy atom. The van der Waals surface area contributed by atoms with Crippen molar-refractivity contribution >= 4 is 49.7 Å². The fourth-order valence-electron chi connectivity index (χ4n) is 4.87. The molecule has 1 aliphatic rings. The number of H-pyrrole nitrogens is 2. The van der Waals surface area contributed by atoms with Gasteiger partial charge in [-0.15, -0.1) is 0 Å². The first-order valence-corrected chi connectivity index (χ1v) is 14.8. The number of aromatic amines is 2. The molecule has 14 heteroatoms. The second-order valence-electron chi connectivity index (χ2n) is 10.1. The van der Waals surface area contributed by atoms with Crippen LogP contribution in [-0.4, -0.2) is 78.5 Å². The summed E-state index contributed by atoms with van der Waals surface area (Å²) in [5.74, 6) is -1.63. The summed E-state index contributed by atoms with van der Waals surface area (Å²) in [6.45, 7) is 3.33. The van der Waals surface area contributed by atoms with E-state index in [-0.39, 0.29) is 32.6 Å². The number of hydrogen-bond acceptors (Lipinski definition) is 8. The van der Waals surface area contributed by atoms with E-state index in [0.717, 1.165) is 44.0 Å². The van der Waals surface area contributed by atoms with Gasteiger partial charge in [0.05, 0.1) is 39.1 Å². The van der Waals surface area contributed by atoms with Crippen molar-refractivity contribution in [3.8, 4) is 0 Å². The van der Waals surface area contributed by atoms with Crippen LogP contribution in [0.1, 0.15) is 20.8 Å². The highest BCUT2D eigenvalue weighted by Gasteiger charge is 2.23. The van der Waals surface area contributed by atoms with Crippen LogP contribution < -0.4 is 15.5 Å². The Morgan fingerprint density at radius 3 is 2.47 bits per heavy atom. The number of carbonyl (C=O) groups is 2. The number of piperazine rings is 1. The van der Waals surface area contributed by atoms with Crippen molar-refractivity contribution in [2.24, 2.45) is 0 Å². The summed E-state index contributed by atoms with van der Waals surface area (Å²) in [7, 11) is -1.99. The monoisotopic (exact) mass is 602 g/mol. The number of likely N-dealkylation sites (N-methyl/N-ethyl adjacent to an activating group) is 1. The van der Waals surface area contributed by atoms with Crippen molar-refractivity contribution in [3.63, 3.8) is 0 Å². The van der Waals surface area contributed by atoms with Gasteiger partial charge < -0.3 is 25.4 Å². The minimum atomic E-state index is -4.05. The van der Waals surface area contributed by atoms with E-state index in [2.05, 4.69) is 47.6 Å². The number of imidazole rings is 1. The van der Waals surface area contributed by atoms with Crippen molar-refractivity contribution in [2.45, 2.75) is 9.79 Å².